The number of carbonyl (C=O) groups is 2. The molecule has 1 aliphatic carbocycles. The summed E-state index contributed by atoms with van der Waals surface area (Å²) in [7, 11) is 0. The molecule has 3 amide bonds. The lowest BCUT2D eigenvalue weighted by atomic mass is 9.95. The van der Waals surface area contributed by atoms with E-state index in [9.17, 15) is 9.59 Å². The van der Waals surface area contributed by atoms with Crippen LogP contribution in [0.4, 0.5) is 10.5 Å². The van der Waals surface area contributed by atoms with E-state index in [0.29, 0.717) is 19.6 Å². The van der Waals surface area contributed by atoms with Crippen LogP contribution in [0.5, 0.6) is 5.75 Å². The van der Waals surface area contributed by atoms with Crippen LogP contribution in [0.2, 0.25) is 0 Å². The maximum atomic E-state index is 13.3. The maximum absolute atomic E-state index is 13.3. The SMILES string of the molecule is CC[C@@H]1CN(C(=O)N2CCC(C(=O)NCCC3=CCCCC3)CC2)c2ccccc2O1. The maximum Gasteiger partial charge on any atom is 0.324 e. The lowest BCUT2D eigenvalue weighted by Crippen LogP contribution is -2.52. The van der Waals surface area contributed by atoms with Crippen molar-refractivity contribution in [3.05, 3.63) is 35.9 Å². The van der Waals surface area contributed by atoms with Gasteiger partial charge in [0.25, 0.3) is 0 Å². The van der Waals surface area contributed by atoms with Gasteiger partial charge in [-0.2, -0.15) is 0 Å². The average Bonchev–Trinajstić information content (AvgIpc) is 2.83. The minimum absolute atomic E-state index is 0.00440. The molecule has 0 aromatic heterocycles. The van der Waals surface area contributed by atoms with E-state index in [1.807, 2.05) is 34.1 Å². The largest absolute Gasteiger partial charge is 0.486 e. The molecule has 1 saturated heterocycles. The van der Waals surface area contributed by atoms with Gasteiger partial charge >= 0.3 is 6.03 Å². The first kappa shape index (κ1) is 21.7. The quantitative estimate of drug-likeness (QED) is 0.707. The van der Waals surface area contributed by atoms with Gasteiger partial charge in [0.05, 0.1) is 12.2 Å². The van der Waals surface area contributed by atoms with Gasteiger partial charge in [-0.25, -0.2) is 4.79 Å². The molecule has 0 radical (unpaired) electrons. The van der Waals surface area contributed by atoms with Crippen LogP contribution in [0.1, 0.15) is 58.3 Å². The fourth-order valence-electron chi connectivity index (χ4n) is 4.82. The summed E-state index contributed by atoms with van der Waals surface area (Å²) in [6, 6.07) is 7.78. The topological polar surface area (TPSA) is 61.9 Å². The van der Waals surface area contributed by atoms with Crippen LogP contribution in [-0.2, 0) is 4.79 Å². The first-order valence-corrected chi connectivity index (χ1v) is 11.9. The van der Waals surface area contributed by atoms with Crippen molar-refractivity contribution in [1.29, 1.82) is 0 Å². The number of piperidine rings is 1. The van der Waals surface area contributed by atoms with Gasteiger partial charge in [-0.3, -0.25) is 9.69 Å². The Morgan fingerprint density at radius 2 is 1.97 bits per heavy atom. The fraction of sp³-hybridized carbons (Fsp3) is 0.600. The van der Waals surface area contributed by atoms with Crippen molar-refractivity contribution in [2.75, 3.05) is 31.1 Å². The molecule has 31 heavy (non-hydrogen) atoms. The van der Waals surface area contributed by atoms with Gasteiger partial charge in [-0.1, -0.05) is 30.7 Å². The van der Waals surface area contributed by atoms with Crippen LogP contribution >= 0.6 is 0 Å². The van der Waals surface area contributed by atoms with Crippen molar-refractivity contribution >= 4 is 17.6 Å². The number of carbonyl (C=O) groups excluding carboxylic acids is 2. The number of para-hydroxylation sites is 2. The molecule has 6 heteroatoms. The number of hydrogen-bond acceptors (Lipinski definition) is 3. The molecule has 0 unspecified atom stereocenters. The van der Waals surface area contributed by atoms with E-state index in [1.54, 1.807) is 0 Å². The van der Waals surface area contributed by atoms with E-state index in [2.05, 4.69) is 18.3 Å². The third kappa shape index (κ3) is 5.23. The Morgan fingerprint density at radius 3 is 2.71 bits per heavy atom. The molecule has 3 aliphatic rings. The Balaban J connectivity index is 1.28. The number of ether oxygens (including phenoxy) is 1. The van der Waals surface area contributed by atoms with Crippen LogP contribution in [0.15, 0.2) is 35.9 Å². The van der Waals surface area contributed by atoms with Gasteiger partial charge in [0.1, 0.15) is 11.9 Å². The highest BCUT2D eigenvalue weighted by molar-refractivity contribution is 5.94. The standard InChI is InChI=1S/C25H35N3O3/c1-2-21-18-28(22-10-6-7-11-23(22)31-21)25(30)27-16-13-20(14-17-27)24(29)26-15-12-19-8-4-3-5-9-19/h6-8,10-11,20-21H,2-5,9,12-18H2,1H3,(H,26,29)/t21-/m1/s1. The van der Waals surface area contributed by atoms with Gasteiger partial charge in [0.15, 0.2) is 0 Å². The zero-order valence-corrected chi connectivity index (χ0v) is 18.6. The van der Waals surface area contributed by atoms with E-state index < -0.39 is 0 Å². The average molecular weight is 426 g/mol. The fourth-order valence-corrected chi connectivity index (χ4v) is 4.82. The predicted molar refractivity (Wildman–Crippen MR) is 122 cm³/mol. The Hall–Kier alpha value is -2.50. The number of allylic oxidation sites excluding steroid dienone is 1. The van der Waals surface area contributed by atoms with Gasteiger partial charge in [0.2, 0.25) is 5.91 Å². The molecule has 1 fully saturated rings. The number of anilines is 1. The molecule has 1 aromatic rings. The minimum Gasteiger partial charge on any atom is -0.486 e. The predicted octanol–water partition coefficient (Wildman–Crippen LogP) is 4.50. The molecular weight excluding hydrogens is 390 g/mol. The number of likely N-dealkylation sites (tertiary alicyclic amines) is 1. The zero-order valence-electron chi connectivity index (χ0n) is 18.6. The van der Waals surface area contributed by atoms with E-state index >= 15 is 0 Å². The summed E-state index contributed by atoms with van der Waals surface area (Å²) in [5.41, 5.74) is 2.33. The molecule has 0 bridgehead atoms. The van der Waals surface area contributed by atoms with E-state index in [0.717, 1.165) is 43.7 Å². The second-order valence-corrected chi connectivity index (χ2v) is 8.92. The monoisotopic (exact) mass is 425 g/mol. The molecule has 0 saturated carbocycles. The van der Waals surface area contributed by atoms with Crippen molar-refractivity contribution in [2.45, 2.75) is 64.4 Å². The number of nitrogens with zero attached hydrogens (tertiary/aromatic N) is 2. The zero-order chi connectivity index (χ0) is 21.6. The molecular formula is C25H35N3O3. The second kappa shape index (κ2) is 10.2. The van der Waals surface area contributed by atoms with E-state index in [-0.39, 0.29) is 24.0 Å². The summed E-state index contributed by atoms with van der Waals surface area (Å²) in [4.78, 5) is 29.6. The van der Waals surface area contributed by atoms with Gasteiger partial charge in [0, 0.05) is 25.6 Å². The van der Waals surface area contributed by atoms with Crippen LogP contribution in [0.25, 0.3) is 0 Å². The first-order valence-electron chi connectivity index (χ1n) is 11.9. The van der Waals surface area contributed by atoms with Crippen molar-refractivity contribution in [3.63, 3.8) is 0 Å². The Morgan fingerprint density at radius 1 is 1.16 bits per heavy atom. The van der Waals surface area contributed by atoms with Crippen LogP contribution in [-0.4, -0.2) is 49.1 Å². The molecule has 1 atom stereocenters. The highest BCUT2D eigenvalue weighted by atomic mass is 16.5. The number of urea groups is 1. The molecule has 1 aromatic carbocycles. The van der Waals surface area contributed by atoms with Gasteiger partial charge in [-0.05, 0) is 63.5 Å². The molecule has 4 rings (SSSR count). The van der Waals surface area contributed by atoms with Gasteiger partial charge in [-0.15, -0.1) is 0 Å². The van der Waals surface area contributed by atoms with Gasteiger partial charge < -0.3 is 15.0 Å². The molecule has 2 heterocycles. The molecule has 168 valence electrons. The normalized spacial score (nSPS) is 21.7. The molecule has 1 N–H and O–H groups in total. The Kier molecular flexibility index (Phi) is 7.15. The van der Waals surface area contributed by atoms with Crippen molar-refractivity contribution < 1.29 is 14.3 Å². The number of amides is 3. The summed E-state index contributed by atoms with van der Waals surface area (Å²) in [6.45, 7) is 4.63. The summed E-state index contributed by atoms with van der Waals surface area (Å²) >= 11 is 0. The highest BCUT2D eigenvalue weighted by Gasteiger charge is 2.34. The van der Waals surface area contributed by atoms with E-state index in [1.165, 1.54) is 31.3 Å². The first-order chi connectivity index (χ1) is 15.2. The summed E-state index contributed by atoms with van der Waals surface area (Å²) in [6.07, 6.45) is 10.6. The number of rotatable bonds is 5. The molecule has 6 nitrogen and oxygen atoms in total. The number of benzene rings is 1. The van der Waals surface area contributed by atoms with Crippen molar-refractivity contribution in [1.82, 2.24) is 10.2 Å². The van der Waals surface area contributed by atoms with Crippen LogP contribution < -0.4 is 15.0 Å². The second-order valence-electron chi connectivity index (χ2n) is 8.92. The summed E-state index contributed by atoms with van der Waals surface area (Å²) < 4.78 is 6.01. The van der Waals surface area contributed by atoms with Crippen molar-refractivity contribution in [2.24, 2.45) is 5.92 Å². The summed E-state index contributed by atoms with van der Waals surface area (Å²) in [5.74, 6) is 0.923. The Bertz CT molecular complexity index is 814. The van der Waals surface area contributed by atoms with E-state index in [4.69, 9.17) is 4.74 Å². The number of fused-ring (bicyclic) bond motifs is 1. The number of nitrogens with one attached hydrogen (secondary N) is 1. The van der Waals surface area contributed by atoms with Crippen molar-refractivity contribution in [3.8, 4) is 5.75 Å². The van der Waals surface area contributed by atoms with Crippen LogP contribution in [0.3, 0.4) is 0 Å². The lowest BCUT2D eigenvalue weighted by molar-refractivity contribution is -0.126. The summed E-state index contributed by atoms with van der Waals surface area (Å²) in [5, 5.41) is 3.12. The smallest absolute Gasteiger partial charge is 0.324 e. The Labute approximate surface area is 185 Å². The molecule has 0 spiro atoms. The van der Waals surface area contributed by atoms with Crippen LogP contribution in [0, 0.1) is 5.92 Å². The highest BCUT2D eigenvalue weighted by Crippen LogP contribution is 2.35. The third-order valence-electron chi connectivity index (χ3n) is 6.79. The number of hydrogen-bond donors (Lipinski definition) is 1. The molecule has 2 aliphatic heterocycles. The third-order valence-corrected chi connectivity index (χ3v) is 6.79. The lowest BCUT2D eigenvalue weighted by Gasteiger charge is -2.39. The minimum atomic E-state index is 0.00440.